The molecule has 1 saturated heterocycles. The number of quaternary nitrogens is 1. The minimum atomic E-state index is 0.159. The first-order valence-corrected chi connectivity index (χ1v) is 9.58. The van der Waals surface area contributed by atoms with Crippen LogP contribution in [0.4, 0.5) is 0 Å². The molecule has 25 heavy (non-hydrogen) atoms. The van der Waals surface area contributed by atoms with Gasteiger partial charge in [0, 0.05) is 16.6 Å². The first kappa shape index (κ1) is 18.0. The number of hydrogen-bond acceptors (Lipinski definition) is 2. The maximum Gasteiger partial charge on any atom is 0.198 e. The molecular formula is C21H31N2O2+. The average Bonchev–Trinajstić information content (AvgIpc) is 2.58. The van der Waals surface area contributed by atoms with Crippen LogP contribution in [0.15, 0.2) is 23.0 Å². The number of pyridine rings is 1. The van der Waals surface area contributed by atoms with Gasteiger partial charge in [0.25, 0.3) is 0 Å². The third kappa shape index (κ3) is 4.06. The van der Waals surface area contributed by atoms with E-state index < -0.39 is 0 Å². The minimum absolute atomic E-state index is 0.159. The van der Waals surface area contributed by atoms with Crippen LogP contribution in [-0.2, 0) is 6.54 Å². The summed E-state index contributed by atoms with van der Waals surface area (Å²) in [6.45, 7) is 11.2. The molecule has 0 spiro atoms. The molecule has 1 aliphatic heterocycles. The number of piperidine rings is 1. The van der Waals surface area contributed by atoms with Crippen LogP contribution < -0.4 is 15.1 Å². The Hall–Kier alpha value is -1.81. The van der Waals surface area contributed by atoms with E-state index in [0.717, 1.165) is 41.0 Å². The molecule has 3 rings (SSSR count). The Morgan fingerprint density at radius 3 is 2.84 bits per heavy atom. The van der Waals surface area contributed by atoms with Crippen LogP contribution in [0.1, 0.15) is 51.3 Å². The molecule has 1 unspecified atom stereocenters. The Bertz CT molecular complexity index is 794. The lowest BCUT2D eigenvalue weighted by molar-refractivity contribution is -0.942. The molecule has 2 N–H and O–H groups in total. The third-order valence-corrected chi connectivity index (χ3v) is 5.35. The predicted octanol–water partition coefficient (Wildman–Crippen LogP) is 2.83. The van der Waals surface area contributed by atoms with E-state index in [-0.39, 0.29) is 5.43 Å². The topological polar surface area (TPSA) is 46.5 Å². The largest absolute Gasteiger partial charge is 0.493 e. The second-order valence-electron chi connectivity index (χ2n) is 7.95. The molecule has 0 amide bonds. The zero-order chi connectivity index (χ0) is 18.0. The van der Waals surface area contributed by atoms with Gasteiger partial charge in [0.2, 0.25) is 0 Å². The van der Waals surface area contributed by atoms with Crippen LogP contribution in [0, 0.1) is 12.8 Å². The van der Waals surface area contributed by atoms with Gasteiger partial charge in [-0.2, -0.15) is 0 Å². The molecule has 1 aliphatic rings. The summed E-state index contributed by atoms with van der Waals surface area (Å²) in [5.74, 6) is 1.24. The average molecular weight is 343 g/mol. The number of aromatic nitrogens is 1. The van der Waals surface area contributed by atoms with Crippen LogP contribution in [0.25, 0.3) is 10.9 Å². The first-order valence-electron chi connectivity index (χ1n) is 9.58. The zero-order valence-corrected chi connectivity index (χ0v) is 15.9. The lowest BCUT2D eigenvalue weighted by atomic mass is 10.0. The summed E-state index contributed by atoms with van der Waals surface area (Å²) < 4.78 is 5.81. The highest BCUT2D eigenvalue weighted by molar-refractivity contribution is 5.81. The molecule has 2 atom stereocenters. The zero-order valence-electron chi connectivity index (χ0n) is 15.9. The molecule has 1 aromatic carbocycles. The number of aryl methyl sites for hydroxylation is 1. The number of rotatable bonds is 5. The normalized spacial score (nSPS) is 21.0. The van der Waals surface area contributed by atoms with Gasteiger partial charge < -0.3 is 14.6 Å². The molecule has 136 valence electrons. The van der Waals surface area contributed by atoms with Crippen molar-refractivity contribution >= 4 is 10.9 Å². The van der Waals surface area contributed by atoms with Crippen molar-refractivity contribution in [1.29, 1.82) is 0 Å². The molecule has 4 heteroatoms. The number of likely N-dealkylation sites (tertiary alicyclic amines) is 1. The van der Waals surface area contributed by atoms with Crippen LogP contribution >= 0.6 is 0 Å². The Morgan fingerprint density at radius 1 is 1.32 bits per heavy atom. The summed E-state index contributed by atoms with van der Waals surface area (Å²) in [4.78, 5) is 18.1. The van der Waals surface area contributed by atoms with Crippen molar-refractivity contribution in [1.82, 2.24) is 4.98 Å². The monoisotopic (exact) mass is 343 g/mol. The molecule has 2 aromatic rings. The van der Waals surface area contributed by atoms with Gasteiger partial charge >= 0.3 is 0 Å². The van der Waals surface area contributed by atoms with E-state index >= 15 is 0 Å². The molecule has 1 fully saturated rings. The highest BCUT2D eigenvalue weighted by Crippen LogP contribution is 2.19. The maximum atomic E-state index is 13.1. The van der Waals surface area contributed by atoms with Gasteiger partial charge in [-0.05, 0) is 57.2 Å². The van der Waals surface area contributed by atoms with E-state index in [1.54, 1.807) is 0 Å². The van der Waals surface area contributed by atoms with Crippen molar-refractivity contribution in [3.05, 3.63) is 39.7 Å². The number of fused-ring (bicyclic) bond motifs is 1. The maximum absolute atomic E-state index is 13.1. The van der Waals surface area contributed by atoms with Crippen molar-refractivity contribution in [2.45, 2.75) is 59.5 Å². The van der Waals surface area contributed by atoms with Gasteiger partial charge in [0.15, 0.2) is 5.43 Å². The fraction of sp³-hybridized carbons (Fsp3) is 0.571. The van der Waals surface area contributed by atoms with Crippen molar-refractivity contribution in [2.75, 3.05) is 13.2 Å². The molecule has 2 heterocycles. The molecule has 1 aromatic heterocycles. The first-order chi connectivity index (χ1) is 12.0. The van der Waals surface area contributed by atoms with Gasteiger partial charge in [-0.15, -0.1) is 0 Å². The van der Waals surface area contributed by atoms with E-state index in [0.29, 0.717) is 18.6 Å². The molecule has 0 radical (unpaired) electrons. The van der Waals surface area contributed by atoms with Crippen LogP contribution in [0.3, 0.4) is 0 Å². The SMILES string of the molecule is Cc1[nH]c2ccc(OCC(C)C)cc2c(=O)c1C[NH+]1CCCC[C@@H]1C. The number of nitrogens with one attached hydrogen (secondary N) is 2. The van der Waals surface area contributed by atoms with E-state index in [1.807, 2.05) is 25.1 Å². The van der Waals surface area contributed by atoms with Crippen LogP contribution in [0.5, 0.6) is 5.75 Å². The Labute approximate surface area is 150 Å². The number of hydrogen-bond donors (Lipinski definition) is 2. The second-order valence-corrected chi connectivity index (χ2v) is 7.95. The number of H-pyrrole nitrogens is 1. The standard InChI is InChI=1S/C21H30N2O2/c1-14(2)13-25-17-8-9-20-18(11-17)21(24)19(16(4)22-20)12-23-10-6-5-7-15(23)3/h8-9,11,14-15H,5-7,10,12-13H2,1-4H3,(H,22,24)/p+1/t15-/m0/s1. The smallest absolute Gasteiger partial charge is 0.198 e. The molecule has 0 bridgehead atoms. The highest BCUT2D eigenvalue weighted by Gasteiger charge is 2.24. The summed E-state index contributed by atoms with van der Waals surface area (Å²) in [7, 11) is 0. The van der Waals surface area contributed by atoms with Crippen molar-refractivity contribution in [3.8, 4) is 5.75 Å². The van der Waals surface area contributed by atoms with Crippen LogP contribution in [-0.4, -0.2) is 24.2 Å². The Kier molecular flexibility index (Phi) is 5.48. The summed E-state index contributed by atoms with van der Waals surface area (Å²) in [5, 5.41) is 0.742. The van der Waals surface area contributed by atoms with Gasteiger partial charge in [-0.1, -0.05) is 13.8 Å². The van der Waals surface area contributed by atoms with E-state index in [4.69, 9.17) is 4.74 Å². The molecular weight excluding hydrogens is 312 g/mol. The van der Waals surface area contributed by atoms with E-state index in [2.05, 4.69) is 25.8 Å². The van der Waals surface area contributed by atoms with Gasteiger partial charge in [-0.3, -0.25) is 4.79 Å². The molecule has 4 nitrogen and oxygen atoms in total. The van der Waals surface area contributed by atoms with Crippen molar-refractivity contribution < 1.29 is 9.64 Å². The highest BCUT2D eigenvalue weighted by atomic mass is 16.5. The minimum Gasteiger partial charge on any atom is -0.493 e. The van der Waals surface area contributed by atoms with E-state index in [9.17, 15) is 4.79 Å². The van der Waals surface area contributed by atoms with Crippen molar-refractivity contribution in [3.63, 3.8) is 0 Å². The summed E-state index contributed by atoms with van der Waals surface area (Å²) in [6, 6.07) is 6.43. The Balaban J connectivity index is 1.93. The predicted molar refractivity (Wildman–Crippen MR) is 102 cm³/mol. The summed E-state index contributed by atoms with van der Waals surface area (Å²) >= 11 is 0. The lowest BCUT2D eigenvalue weighted by Gasteiger charge is -2.30. The van der Waals surface area contributed by atoms with Gasteiger partial charge in [-0.25, -0.2) is 0 Å². The third-order valence-electron chi connectivity index (χ3n) is 5.35. The second kappa shape index (κ2) is 7.61. The number of ether oxygens (including phenoxy) is 1. The number of aromatic amines is 1. The summed E-state index contributed by atoms with van der Waals surface area (Å²) in [5.41, 5.74) is 2.98. The van der Waals surface area contributed by atoms with Crippen LogP contribution in [0.2, 0.25) is 0 Å². The molecule has 0 aliphatic carbocycles. The molecule has 0 saturated carbocycles. The van der Waals surface area contributed by atoms with Gasteiger partial charge in [0.1, 0.15) is 12.3 Å². The fourth-order valence-electron chi connectivity index (χ4n) is 3.74. The lowest BCUT2D eigenvalue weighted by Crippen LogP contribution is -3.15. The van der Waals surface area contributed by atoms with E-state index in [1.165, 1.54) is 24.2 Å². The number of benzene rings is 1. The summed E-state index contributed by atoms with van der Waals surface area (Å²) in [6.07, 6.45) is 3.83. The van der Waals surface area contributed by atoms with Crippen molar-refractivity contribution in [2.24, 2.45) is 5.92 Å². The quantitative estimate of drug-likeness (QED) is 0.877. The Morgan fingerprint density at radius 2 is 2.12 bits per heavy atom. The fourth-order valence-corrected chi connectivity index (χ4v) is 3.74. The van der Waals surface area contributed by atoms with Gasteiger partial charge in [0.05, 0.1) is 24.8 Å².